The molecule has 1 fully saturated rings. The SMILES string of the molecule is CN=C(NCc1ccc2c(c1)OCO2)NCC(c1cccs1)N1CCCC1.I. The van der Waals surface area contributed by atoms with Crippen molar-refractivity contribution in [2.45, 2.75) is 25.4 Å². The Balaban J connectivity index is 0.00000225. The minimum absolute atomic E-state index is 0. The molecule has 3 heterocycles. The molecule has 2 aliphatic rings. The number of fused-ring (bicyclic) bond motifs is 1. The van der Waals surface area contributed by atoms with Crippen molar-refractivity contribution in [3.05, 3.63) is 46.2 Å². The van der Waals surface area contributed by atoms with Crippen LogP contribution in [0.1, 0.15) is 29.3 Å². The predicted molar refractivity (Wildman–Crippen MR) is 124 cm³/mol. The first-order valence-corrected chi connectivity index (χ1v) is 10.3. The number of halogens is 1. The third-order valence-electron chi connectivity index (χ3n) is 5.04. The number of benzene rings is 1. The Hall–Kier alpha value is -1.52. The summed E-state index contributed by atoms with van der Waals surface area (Å²) in [5, 5.41) is 9.06. The van der Waals surface area contributed by atoms with Crippen molar-refractivity contribution in [3.63, 3.8) is 0 Å². The number of nitrogens with one attached hydrogen (secondary N) is 2. The number of ether oxygens (including phenoxy) is 2. The molecule has 0 amide bonds. The number of hydrogen-bond donors (Lipinski definition) is 2. The zero-order valence-electron chi connectivity index (χ0n) is 16.0. The molecule has 1 aromatic carbocycles. The Kier molecular flexibility index (Phi) is 7.81. The molecule has 1 unspecified atom stereocenters. The average Bonchev–Trinajstić information content (AvgIpc) is 3.47. The lowest BCUT2D eigenvalue weighted by Crippen LogP contribution is -2.42. The first kappa shape index (κ1) is 21.2. The van der Waals surface area contributed by atoms with Crippen molar-refractivity contribution in [2.24, 2.45) is 4.99 Å². The zero-order valence-corrected chi connectivity index (χ0v) is 19.2. The molecule has 4 rings (SSSR count). The van der Waals surface area contributed by atoms with E-state index in [-0.39, 0.29) is 24.0 Å². The van der Waals surface area contributed by atoms with Gasteiger partial charge in [0.25, 0.3) is 0 Å². The van der Waals surface area contributed by atoms with E-state index in [2.05, 4.69) is 38.0 Å². The van der Waals surface area contributed by atoms with Crippen LogP contribution in [0.4, 0.5) is 0 Å². The molecule has 0 radical (unpaired) electrons. The minimum atomic E-state index is 0. The largest absolute Gasteiger partial charge is 0.454 e. The van der Waals surface area contributed by atoms with Crippen LogP contribution in [0.5, 0.6) is 11.5 Å². The molecule has 152 valence electrons. The van der Waals surface area contributed by atoms with Crippen LogP contribution in [0.15, 0.2) is 40.7 Å². The summed E-state index contributed by atoms with van der Waals surface area (Å²) in [7, 11) is 1.81. The van der Waals surface area contributed by atoms with Gasteiger partial charge in [-0.1, -0.05) is 12.1 Å². The predicted octanol–water partition coefficient (Wildman–Crippen LogP) is 3.60. The van der Waals surface area contributed by atoms with Crippen LogP contribution in [-0.4, -0.2) is 44.3 Å². The Morgan fingerprint density at radius 1 is 1.18 bits per heavy atom. The molecule has 28 heavy (non-hydrogen) atoms. The summed E-state index contributed by atoms with van der Waals surface area (Å²) in [6.07, 6.45) is 2.58. The molecule has 1 saturated heterocycles. The van der Waals surface area contributed by atoms with Gasteiger partial charge in [0.1, 0.15) is 0 Å². The van der Waals surface area contributed by atoms with E-state index in [1.54, 1.807) is 0 Å². The summed E-state index contributed by atoms with van der Waals surface area (Å²) in [5.74, 6) is 2.43. The van der Waals surface area contributed by atoms with Gasteiger partial charge in [-0.25, -0.2) is 0 Å². The molecule has 0 saturated carbocycles. The van der Waals surface area contributed by atoms with Crippen molar-refractivity contribution in [1.82, 2.24) is 15.5 Å². The topological polar surface area (TPSA) is 58.1 Å². The average molecular weight is 514 g/mol. The van der Waals surface area contributed by atoms with Gasteiger partial charge < -0.3 is 20.1 Å². The second-order valence-corrected chi connectivity index (χ2v) is 7.75. The highest BCUT2D eigenvalue weighted by Gasteiger charge is 2.24. The molecule has 2 aromatic rings. The lowest BCUT2D eigenvalue weighted by Gasteiger charge is -2.27. The van der Waals surface area contributed by atoms with E-state index in [1.807, 2.05) is 36.6 Å². The van der Waals surface area contributed by atoms with Crippen molar-refractivity contribution >= 4 is 41.3 Å². The maximum atomic E-state index is 5.45. The van der Waals surface area contributed by atoms with E-state index in [0.717, 1.165) is 29.6 Å². The van der Waals surface area contributed by atoms with Gasteiger partial charge in [0.2, 0.25) is 6.79 Å². The van der Waals surface area contributed by atoms with Gasteiger partial charge in [0.15, 0.2) is 17.5 Å². The fraction of sp³-hybridized carbons (Fsp3) is 0.450. The van der Waals surface area contributed by atoms with Gasteiger partial charge in [-0.2, -0.15) is 0 Å². The first-order chi connectivity index (χ1) is 13.3. The lowest BCUT2D eigenvalue weighted by molar-refractivity contribution is 0.174. The zero-order chi connectivity index (χ0) is 18.5. The van der Waals surface area contributed by atoms with Crippen molar-refractivity contribution in [2.75, 3.05) is 33.5 Å². The Morgan fingerprint density at radius 3 is 2.75 bits per heavy atom. The second kappa shape index (κ2) is 10.3. The Bertz CT molecular complexity index is 779. The number of hydrogen-bond acceptors (Lipinski definition) is 5. The summed E-state index contributed by atoms with van der Waals surface area (Å²) >= 11 is 1.83. The third-order valence-corrected chi connectivity index (χ3v) is 6.01. The van der Waals surface area contributed by atoms with Crippen LogP contribution in [0.25, 0.3) is 0 Å². The van der Waals surface area contributed by atoms with Crippen molar-refractivity contribution < 1.29 is 9.47 Å². The van der Waals surface area contributed by atoms with Crippen LogP contribution < -0.4 is 20.1 Å². The molecule has 2 aliphatic heterocycles. The van der Waals surface area contributed by atoms with E-state index in [1.165, 1.54) is 30.8 Å². The maximum Gasteiger partial charge on any atom is 0.231 e. The fourth-order valence-electron chi connectivity index (χ4n) is 3.59. The normalized spacial score (nSPS) is 17.2. The molecular formula is C20H27IN4O2S. The third kappa shape index (κ3) is 5.09. The highest BCUT2D eigenvalue weighted by molar-refractivity contribution is 14.0. The van der Waals surface area contributed by atoms with Crippen molar-refractivity contribution in [1.29, 1.82) is 0 Å². The van der Waals surface area contributed by atoms with Gasteiger partial charge in [0, 0.05) is 25.0 Å². The first-order valence-electron chi connectivity index (χ1n) is 9.44. The van der Waals surface area contributed by atoms with Crippen LogP contribution in [0.3, 0.4) is 0 Å². The van der Waals surface area contributed by atoms with E-state index in [0.29, 0.717) is 19.4 Å². The van der Waals surface area contributed by atoms with Crippen LogP contribution in [0, 0.1) is 0 Å². The van der Waals surface area contributed by atoms with E-state index >= 15 is 0 Å². The van der Waals surface area contributed by atoms with Crippen LogP contribution in [-0.2, 0) is 6.54 Å². The molecule has 2 N–H and O–H groups in total. The number of aliphatic imine (C=N–C) groups is 1. The summed E-state index contributed by atoms with van der Waals surface area (Å²) in [6, 6.07) is 10.8. The highest BCUT2D eigenvalue weighted by Crippen LogP contribution is 2.32. The molecule has 0 aliphatic carbocycles. The van der Waals surface area contributed by atoms with Crippen molar-refractivity contribution in [3.8, 4) is 11.5 Å². The van der Waals surface area contributed by atoms with Gasteiger partial charge in [-0.3, -0.25) is 9.89 Å². The van der Waals surface area contributed by atoms with Gasteiger partial charge >= 0.3 is 0 Å². The molecule has 6 nitrogen and oxygen atoms in total. The quantitative estimate of drug-likeness (QED) is 0.351. The van der Waals surface area contributed by atoms with E-state index < -0.39 is 0 Å². The highest BCUT2D eigenvalue weighted by atomic mass is 127. The molecule has 0 bridgehead atoms. The summed E-state index contributed by atoms with van der Waals surface area (Å²) in [6.45, 7) is 4.18. The van der Waals surface area contributed by atoms with E-state index in [4.69, 9.17) is 9.47 Å². The summed E-state index contributed by atoms with van der Waals surface area (Å²) < 4.78 is 10.8. The molecular weight excluding hydrogens is 487 g/mol. The van der Waals surface area contributed by atoms with Gasteiger partial charge in [-0.05, 0) is 55.1 Å². The number of thiophene rings is 1. The number of rotatable bonds is 6. The number of guanidine groups is 1. The number of likely N-dealkylation sites (tertiary alicyclic amines) is 1. The molecule has 8 heteroatoms. The Labute approximate surface area is 187 Å². The Morgan fingerprint density at radius 2 is 2.00 bits per heavy atom. The molecule has 1 atom stereocenters. The summed E-state index contributed by atoms with van der Waals surface area (Å²) in [5.41, 5.74) is 1.14. The fourth-order valence-corrected chi connectivity index (χ4v) is 4.46. The standard InChI is InChI=1S/C20H26N4O2S.HI/c1-21-20(22-12-15-6-7-17-18(11-15)26-14-25-17)23-13-16(19-5-4-10-27-19)24-8-2-3-9-24;/h4-7,10-11,16H,2-3,8-9,12-14H2,1H3,(H2,21,22,23);1H. The van der Waals surface area contributed by atoms with Crippen LogP contribution >= 0.6 is 35.3 Å². The number of nitrogens with zero attached hydrogens (tertiary/aromatic N) is 2. The monoisotopic (exact) mass is 514 g/mol. The molecule has 0 spiro atoms. The lowest BCUT2D eigenvalue weighted by atomic mass is 10.2. The maximum absolute atomic E-state index is 5.45. The minimum Gasteiger partial charge on any atom is -0.454 e. The van der Waals surface area contributed by atoms with Gasteiger partial charge in [0.05, 0.1) is 6.04 Å². The van der Waals surface area contributed by atoms with Gasteiger partial charge in [-0.15, -0.1) is 35.3 Å². The van der Waals surface area contributed by atoms with E-state index in [9.17, 15) is 0 Å². The smallest absolute Gasteiger partial charge is 0.231 e. The van der Waals surface area contributed by atoms with Crippen LogP contribution in [0.2, 0.25) is 0 Å². The summed E-state index contributed by atoms with van der Waals surface area (Å²) in [4.78, 5) is 8.36. The molecule has 1 aromatic heterocycles. The second-order valence-electron chi connectivity index (χ2n) is 6.77.